The third-order valence-electron chi connectivity index (χ3n) is 6.39. The predicted molar refractivity (Wildman–Crippen MR) is 115 cm³/mol. The van der Waals surface area contributed by atoms with Crippen LogP contribution >= 0.6 is 0 Å². The number of rotatable bonds is 3. The lowest BCUT2D eigenvalue weighted by atomic mass is 9.89. The first-order valence-corrected chi connectivity index (χ1v) is 10.4. The highest BCUT2D eigenvalue weighted by molar-refractivity contribution is 5.95. The van der Waals surface area contributed by atoms with Crippen molar-refractivity contribution < 1.29 is 9.18 Å². The number of hydrogen-bond donors (Lipinski definition) is 0. The number of hydrogen-bond acceptors (Lipinski definition) is 3. The van der Waals surface area contributed by atoms with Gasteiger partial charge in [-0.2, -0.15) is 0 Å². The molecule has 0 bridgehead atoms. The molecule has 2 aliphatic heterocycles. The summed E-state index contributed by atoms with van der Waals surface area (Å²) in [7, 11) is 0. The molecule has 152 valence electrons. The number of aryl methyl sites for hydroxylation is 1. The standard InChI is InChI=1S/C25H24FN3O/c1-17-11-12-23(27-13-17)28-14-19-15-29(25(30)20-9-5-6-10-22(20)26)24(21(19)16-28)18-7-3-2-4-8-18/h2-13,19,21,24H,14-16H2,1H3/t19-,21-,24+/m0/s1. The summed E-state index contributed by atoms with van der Waals surface area (Å²) in [4.78, 5) is 22.1. The molecule has 0 saturated carbocycles. The van der Waals surface area contributed by atoms with Gasteiger partial charge < -0.3 is 9.80 Å². The fourth-order valence-electron chi connectivity index (χ4n) is 4.95. The average Bonchev–Trinajstić information content (AvgIpc) is 3.33. The molecule has 0 aliphatic carbocycles. The molecule has 2 aliphatic rings. The van der Waals surface area contributed by atoms with Crippen molar-refractivity contribution in [3.05, 3.63) is 95.4 Å². The van der Waals surface area contributed by atoms with Crippen molar-refractivity contribution >= 4 is 11.7 Å². The fraction of sp³-hybridized carbons (Fsp3) is 0.280. The van der Waals surface area contributed by atoms with Crippen molar-refractivity contribution in [2.24, 2.45) is 11.8 Å². The van der Waals surface area contributed by atoms with Crippen LogP contribution in [0.4, 0.5) is 10.2 Å². The van der Waals surface area contributed by atoms with Gasteiger partial charge in [0, 0.05) is 37.7 Å². The van der Waals surface area contributed by atoms with Crippen molar-refractivity contribution in [3.63, 3.8) is 0 Å². The van der Waals surface area contributed by atoms with Gasteiger partial charge in [-0.3, -0.25) is 4.79 Å². The first-order chi connectivity index (χ1) is 14.6. The van der Waals surface area contributed by atoms with Gasteiger partial charge in [-0.15, -0.1) is 0 Å². The SMILES string of the molecule is Cc1ccc(N2C[C@H]3CN(C(=O)c4ccccc4F)[C@H](c4ccccc4)[C@H]3C2)nc1. The van der Waals surface area contributed by atoms with Crippen molar-refractivity contribution in [3.8, 4) is 0 Å². The van der Waals surface area contributed by atoms with Gasteiger partial charge in [0.1, 0.15) is 11.6 Å². The molecule has 3 heterocycles. The van der Waals surface area contributed by atoms with Gasteiger partial charge >= 0.3 is 0 Å². The zero-order valence-corrected chi connectivity index (χ0v) is 16.9. The zero-order chi connectivity index (χ0) is 20.7. The molecule has 30 heavy (non-hydrogen) atoms. The molecule has 2 fully saturated rings. The number of nitrogens with zero attached hydrogens (tertiary/aromatic N) is 3. The molecule has 0 unspecified atom stereocenters. The lowest BCUT2D eigenvalue weighted by Gasteiger charge is -2.30. The highest BCUT2D eigenvalue weighted by atomic mass is 19.1. The van der Waals surface area contributed by atoms with Crippen LogP contribution in [-0.2, 0) is 0 Å². The van der Waals surface area contributed by atoms with Crippen LogP contribution in [0.25, 0.3) is 0 Å². The van der Waals surface area contributed by atoms with E-state index in [-0.39, 0.29) is 23.4 Å². The fourth-order valence-corrected chi connectivity index (χ4v) is 4.95. The molecule has 0 spiro atoms. The number of anilines is 1. The summed E-state index contributed by atoms with van der Waals surface area (Å²) in [5, 5.41) is 0. The lowest BCUT2D eigenvalue weighted by molar-refractivity contribution is 0.0711. The molecule has 3 aromatic rings. The molecular formula is C25H24FN3O. The summed E-state index contributed by atoms with van der Waals surface area (Å²) < 4.78 is 14.4. The monoisotopic (exact) mass is 401 g/mol. The largest absolute Gasteiger partial charge is 0.356 e. The number of fused-ring (bicyclic) bond motifs is 1. The van der Waals surface area contributed by atoms with E-state index < -0.39 is 5.82 Å². The molecule has 5 heteroatoms. The first-order valence-electron chi connectivity index (χ1n) is 10.4. The maximum absolute atomic E-state index is 14.4. The Morgan fingerprint density at radius 3 is 2.47 bits per heavy atom. The van der Waals surface area contributed by atoms with Gasteiger partial charge in [0.2, 0.25) is 0 Å². The number of benzene rings is 2. The zero-order valence-electron chi connectivity index (χ0n) is 16.9. The van der Waals surface area contributed by atoms with Crippen LogP contribution in [-0.4, -0.2) is 35.4 Å². The number of pyridine rings is 1. The molecule has 5 rings (SSSR count). The second kappa shape index (κ2) is 7.56. The van der Waals surface area contributed by atoms with E-state index in [1.165, 1.54) is 6.07 Å². The van der Waals surface area contributed by atoms with Gasteiger partial charge in [-0.25, -0.2) is 9.37 Å². The van der Waals surface area contributed by atoms with Crippen LogP contribution < -0.4 is 4.90 Å². The van der Waals surface area contributed by atoms with Crippen molar-refractivity contribution in [2.45, 2.75) is 13.0 Å². The smallest absolute Gasteiger partial charge is 0.257 e. The predicted octanol–water partition coefficient (Wildman–Crippen LogP) is 4.48. The van der Waals surface area contributed by atoms with Gasteiger partial charge in [0.25, 0.3) is 5.91 Å². The van der Waals surface area contributed by atoms with Crippen molar-refractivity contribution in [1.29, 1.82) is 0 Å². The van der Waals surface area contributed by atoms with Crippen LogP contribution in [0, 0.1) is 24.6 Å². The summed E-state index contributed by atoms with van der Waals surface area (Å²) in [5.74, 6) is 0.905. The number of carbonyl (C=O) groups excluding carboxylic acids is 1. The quantitative estimate of drug-likeness (QED) is 0.649. The third-order valence-corrected chi connectivity index (χ3v) is 6.39. The van der Waals surface area contributed by atoms with Gasteiger partial charge in [-0.05, 0) is 36.2 Å². The molecular weight excluding hydrogens is 377 g/mol. The molecule has 1 amide bonds. The Labute approximate surface area is 176 Å². The Hall–Kier alpha value is -3.21. The minimum atomic E-state index is -0.461. The summed E-state index contributed by atoms with van der Waals surface area (Å²) >= 11 is 0. The highest BCUT2D eigenvalue weighted by Gasteiger charge is 2.49. The number of amides is 1. The van der Waals surface area contributed by atoms with Crippen LogP contribution in [0.2, 0.25) is 0 Å². The second-order valence-electron chi connectivity index (χ2n) is 8.32. The van der Waals surface area contributed by atoms with Crippen molar-refractivity contribution in [1.82, 2.24) is 9.88 Å². The van der Waals surface area contributed by atoms with Crippen LogP contribution in [0.5, 0.6) is 0 Å². The number of halogens is 1. The van der Waals surface area contributed by atoms with E-state index in [1.54, 1.807) is 18.2 Å². The Kier molecular flexibility index (Phi) is 4.74. The Bertz CT molecular complexity index is 1050. The van der Waals surface area contributed by atoms with Gasteiger partial charge in [0.05, 0.1) is 11.6 Å². The normalized spacial score (nSPS) is 22.9. The van der Waals surface area contributed by atoms with Gasteiger partial charge in [-0.1, -0.05) is 48.5 Å². The molecule has 4 nitrogen and oxygen atoms in total. The Morgan fingerprint density at radius 2 is 1.73 bits per heavy atom. The topological polar surface area (TPSA) is 36.4 Å². The van der Waals surface area contributed by atoms with Gasteiger partial charge in [0.15, 0.2) is 0 Å². The Morgan fingerprint density at radius 1 is 0.967 bits per heavy atom. The van der Waals surface area contributed by atoms with E-state index in [9.17, 15) is 9.18 Å². The van der Waals surface area contributed by atoms with E-state index in [2.05, 4.69) is 34.1 Å². The molecule has 0 radical (unpaired) electrons. The van der Waals surface area contributed by atoms with E-state index in [0.29, 0.717) is 12.5 Å². The molecule has 1 aromatic heterocycles. The highest BCUT2D eigenvalue weighted by Crippen LogP contribution is 2.46. The van der Waals surface area contributed by atoms with E-state index in [0.717, 1.165) is 30.0 Å². The summed E-state index contributed by atoms with van der Waals surface area (Å²) in [6.45, 7) is 4.35. The molecule has 0 N–H and O–H groups in total. The van der Waals surface area contributed by atoms with Crippen LogP contribution in [0.15, 0.2) is 72.9 Å². The lowest BCUT2D eigenvalue weighted by Crippen LogP contribution is -2.36. The maximum Gasteiger partial charge on any atom is 0.257 e. The molecule has 2 saturated heterocycles. The van der Waals surface area contributed by atoms with Crippen molar-refractivity contribution in [2.75, 3.05) is 24.5 Å². The van der Waals surface area contributed by atoms with E-state index >= 15 is 0 Å². The third kappa shape index (κ3) is 3.24. The summed E-state index contributed by atoms with van der Waals surface area (Å²) in [6.07, 6.45) is 1.89. The number of aromatic nitrogens is 1. The van der Waals surface area contributed by atoms with E-state index in [4.69, 9.17) is 0 Å². The minimum Gasteiger partial charge on any atom is -0.356 e. The Balaban J connectivity index is 1.47. The summed E-state index contributed by atoms with van der Waals surface area (Å²) in [6, 6.07) is 20.5. The van der Waals surface area contributed by atoms with Crippen LogP contribution in [0.3, 0.4) is 0 Å². The minimum absolute atomic E-state index is 0.0706. The second-order valence-corrected chi connectivity index (χ2v) is 8.32. The number of likely N-dealkylation sites (tertiary alicyclic amines) is 1. The average molecular weight is 401 g/mol. The first kappa shape index (κ1) is 18.8. The molecule has 3 atom stereocenters. The maximum atomic E-state index is 14.4. The van der Waals surface area contributed by atoms with E-state index in [1.807, 2.05) is 36.2 Å². The number of carbonyl (C=O) groups is 1. The summed E-state index contributed by atoms with van der Waals surface area (Å²) in [5.41, 5.74) is 2.39. The molecule has 2 aromatic carbocycles. The van der Waals surface area contributed by atoms with Crippen LogP contribution in [0.1, 0.15) is 27.5 Å².